The average molecular weight is 489 g/mol. The Bertz CT molecular complexity index is 1340. The van der Waals surface area contributed by atoms with Gasteiger partial charge in [-0.2, -0.15) is 0 Å². The topological polar surface area (TPSA) is 122 Å². The number of amides is 2. The molecule has 0 atom stereocenters. The van der Waals surface area contributed by atoms with Crippen molar-refractivity contribution in [2.24, 2.45) is 5.73 Å². The highest BCUT2D eigenvalue weighted by Crippen LogP contribution is 2.37. The van der Waals surface area contributed by atoms with E-state index >= 15 is 0 Å². The fraction of sp³-hybridized carbons (Fsp3) is 0.182. The van der Waals surface area contributed by atoms with Gasteiger partial charge in [-0.25, -0.2) is 12.8 Å². The summed E-state index contributed by atoms with van der Waals surface area (Å²) in [6.07, 6.45) is 0.664. The summed E-state index contributed by atoms with van der Waals surface area (Å²) in [6, 6.07) is 10.3. The molecule has 0 aliphatic carbocycles. The van der Waals surface area contributed by atoms with E-state index in [9.17, 15) is 22.4 Å². The molecule has 172 valence electrons. The zero-order valence-corrected chi connectivity index (χ0v) is 19.2. The van der Waals surface area contributed by atoms with Crippen LogP contribution in [0, 0.1) is 5.82 Å². The lowest BCUT2D eigenvalue weighted by atomic mass is 10.0. The van der Waals surface area contributed by atoms with Gasteiger partial charge >= 0.3 is 0 Å². The molecular weight excluding hydrogens is 467 g/mol. The van der Waals surface area contributed by atoms with Gasteiger partial charge in [-0.3, -0.25) is 14.3 Å². The molecule has 0 radical (unpaired) electrons. The first kappa shape index (κ1) is 22.9. The number of nitrogens with one attached hydrogen (secondary N) is 2. The number of hydrogen-bond acceptors (Lipinski definition) is 6. The van der Waals surface area contributed by atoms with E-state index in [-0.39, 0.29) is 16.1 Å². The summed E-state index contributed by atoms with van der Waals surface area (Å²) in [7, 11) is -1.99. The third-order valence-electron chi connectivity index (χ3n) is 5.22. The van der Waals surface area contributed by atoms with Crippen molar-refractivity contribution in [3.8, 4) is 0 Å². The molecule has 1 aliphatic rings. The van der Waals surface area contributed by atoms with Crippen LogP contribution in [0.1, 0.15) is 31.2 Å². The first-order chi connectivity index (χ1) is 15.6. The summed E-state index contributed by atoms with van der Waals surface area (Å²) in [6.45, 7) is 1.45. The summed E-state index contributed by atoms with van der Waals surface area (Å²) >= 11 is 1.31. The van der Waals surface area contributed by atoms with Crippen molar-refractivity contribution < 1.29 is 22.4 Å². The maximum Gasteiger partial charge on any atom is 0.261 e. The second kappa shape index (κ2) is 8.93. The van der Waals surface area contributed by atoms with Crippen LogP contribution in [0.5, 0.6) is 0 Å². The molecule has 11 heteroatoms. The number of anilines is 2. The van der Waals surface area contributed by atoms with Crippen LogP contribution in [0.15, 0.2) is 53.4 Å². The van der Waals surface area contributed by atoms with E-state index < -0.39 is 27.7 Å². The highest BCUT2D eigenvalue weighted by Gasteiger charge is 2.27. The second-order valence-corrected chi connectivity index (χ2v) is 10.4. The molecule has 2 aromatic carbocycles. The van der Waals surface area contributed by atoms with Gasteiger partial charge in [-0.1, -0.05) is 6.07 Å². The van der Waals surface area contributed by atoms with Gasteiger partial charge in [0.1, 0.15) is 10.8 Å². The van der Waals surface area contributed by atoms with Crippen LogP contribution < -0.4 is 15.8 Å². The lowest BCUT2D eigenvalue weighted by Gasteiger charge is -2.22. The number of fused-ring (bicyclic) bond motifs is 1. The van der Waals surface area contributed by atoms with E-state index in [0.717, 1.165) is 41.3 Å². The molecule has 1 aromatic heterocycles. The number of halogens is 1. The Kier molecular flexibility index (Phi) is 6.19. The predicted molar refractivity (Wildman–Crippen MR) is 124 cm³/mol. The Labute approximate surface area is 194 Å². The van der Waals surface area contributed by atoms with Crippen LogP contribution in [-0.4, -0.2) is 38.7 Å². The molecule has 0 unspecified atom stereocenters. The van der Waals surface area contributed by atoms with Crippen molar-refractivity contribution in [2.75, 3.05) is 23.6 Å². The smallest absolute Gasteiger partial charge is 0.261 e. The summed E-state index contributed by atoms with van der Waals surface area (Å²) in [5, 5.41) is 3.13. The monoisotopic (exact) mass is 488 g/mol. The van der Waals surface area contributed by atoms with Gasteiger partial charge in [0.2, 0.25) is 0 Å². The molecule has 2 amide bonds. The number of rotatable bonds is 6. The maximum absolute atomic E-state index is 13.1. The number of benzene rings is 2. The molecule has 0 saturated heterocycles. The van der Waals surface area contributed by atoms with Crippen LogP contribution >= 0.6 is 11.3 Å². The van der Waals surface area contributed by atoms with Crippen molar-refractivity contribution in [1.29, 1.82) is 0 Å². The minimum atomic E-state index is -3.97. The Morgan fingerprint density at radius 1 is 1.15 bits per heavy atom. The molecule has 4 rings (SSSR count). The Morgan fingerprint density at radius 2 is 1.88 bits per heavy atom. The molecule has 33 heavy (non-hydrogen) atoms. The van der Waals surface area contributed by atoms with Crippen LogP contribution in [-0.2, 0) is 23.0 Å². The van der Waals surface area contributed by atoms with Gasteiger partial charge in [-0.05, 0) is 61.5 Å². The Balaban J connectivity index is 1.57. The number of hydrogen-bond donors (Lipinski definition) is 3. The van der Waals surface area contributed by atoms with E-state index in [4.69, 9.17) is 5.73 Å². The SMILES string of the molecule is CN1CCc2c(sc(NC(=O)c3cccc(NS(=O)(=O)c4ccc(F)cc4)c3)c2C(N)=O)C1. The summed E-state index contributed by atoms with van der Waals surface area (Å²) in [4.78, 5) is 28.0. The molecule has 4 N–H and O–H groups in total. The zero-order chi connectivity index (χ0) is 23.8. The highest BCUT2D eigenvalue weighted by molar-refractivity contribution is 7.92. The molecule has 0 bridgehead atoms. The Morgan fingerprint density at radius 3 is 2.58 bits per heavy atom. The largest absolute Gasteiger partial charge is 0.365 e. The highest BCUT2D eigenvalue weighted by atomic mass is 32.2. The van der Waals surface area contributed by atoms with Crippen molar-refractivity contribution in [3.05, 3.63) is 75.9 Å². The van der Waals surface area contributed by atoms with Crippen molar-refractivity contribution in [1.82, 2.24) is 4.90 Å². The molecule has 8 nitrogen and oxygen atoms in total. The van der Waals surface area contributed by atoms with Gasteiger partial charge < -0.3 is 16.0 Å². The molecular formula is C22H21FN4O4S2. The van der Waals surface area contributed by atoms with E-state index in [1.54, 1.807) is 0 Å². The number of nitrogens with zero attached hydrogens (tertiary/aromatic N) is 1. The molecule has 0 spiro atoms. The van der Waals surface area contributed by atoms with E-state index in [2.05, 4.69) is 14.9 Å². The van der Waals surface area contributed by atoms with E-state index in [0.29, 0.717) is 23.5 Å². The third kappa shape index (κ3) is 4.90. The number of thiophene rings is 1. The van der Waals surface area contributed by atoms with E-state index in [1.807, 2.05) is 7.05 Å². The summed E-state index contributed by atoms with van der Waals surface area (Å²) in [5.41, 5.74) is 7.13. The quantitative estimate of drug-likeness (QED) is 0.492. The molecule has 0 saturated carbocycles. The van der Waals surface area contributed by atoms with Crippen molar-refractivity contribution in [3.63, 3.8) is 0 Å². The third-order valence-corrected chi connectivity index (χ3v) is 7.75. The zero-order valence-electron chi connectivity index (χ0n) is 17.6. The van der Waals surface area contributed by atoms with Gasteiger partial charge in [0.05, 0.1) is 10.5 Å². The van der Waals surface area contributed by atoms with Crippen molar-refractivity contribution in [2.45, 2.75) is 17.9 Å². The second-order valence-electron chi connectivity index (χ2n) is 7.65. The predicted octanol–water partition coefficient (Wildman–Crippen LogP) is 3.03. The number of likely N-dealkylation sites (N-methyl/N-ethyl adjacent to an activating group) is 1. The lowest BCUT2D eigenvalue weighted by molar-refractivity contribution is 0.1000. The number of carbonyl (C=O) groups is 2. The molecule has 2 heterocycles. The van der Waals surface area contributed by atoms with Crippen LogP contribution in [0.2, 0.25) is 0 Å². The first-order valence-corrected chi connectivity index (χ1v) is 12.3. The summed E-state index contributed by atoms with van der Waals surface area (Å²) < 4.78 is 40.6. The minimum Gasteiger partial charge on any atom is -0.365 e. The van der Waals surface area contributed by atoms with Crippen molar-refractivity contribution >= 4 is 43.9 Å². The van der Waals surface area contributed by atoms with Gasteiger partial charge in [-0.15, -0.1) is 11.3 Å². The molecule has 3 aromatic rings. The number of primary amides is 1. The van der Waals surface area contributed by atoms with Gasteiger partial charge in [0.25, 0.3) is 21.8 Å². The molecule has 0 fully saturated rings. The standard InChI is InChI=1S/C22H21FN4O4S2/c1-27-10-9-17-18(12-27)32-22(19(17)20(24)28)25-21(29)13-3-2-4-15(11-13)26-33(30,31)16-7-5-14(23)6-8-16/h2-8,11,26H,9-10,12H2,1H3,(H2,24,28)(H,25,29). The minimum absolute atomic E-state index is 0.112. The average Bonchev–Trinajstić information content (AvgIpc) is 3.11. The van der Waals surface area contributed by atoms with Gasteiger partial charge in [0, 0.05) is 29.2 Å². The normalized spacial score (nSPS) is 13.9. The fourth-order valence-electron chi connectivity index (χ4n) is 3.61. The number of nitrogens with two attached hydrogens (primary N) is 1. The van der Waals surface area contributed by atoms with Crippen LogP contribution in [0.3, 0.4) is 0 Å². The number of carbonyl (C=O) groups excluding carboxylic acids is 2. The first-order valence-electron chi connectivity index (χ1n) is 9.97. The number of sulfonamides is 1. The fourth-order valence-corrected chi connectivity index (χ4v) is 5.98. The maximum atomic E-state index is 13.1. The van der Waals surface area contributed by atoms with Crippen LogP contribution in [0.4, 0.5) is 15.1 Å². The van der Waals surface area contributed by atoms with E-state index in [1.165, 1.54) is 35.6 Å². The lowest BCUT2D eigenvalue weighted by Crippen LogP contribution is -2.27. The Hall–Kier alpha value is -3.28. The van der Waals surface area contributed by atoms with Gasteiger partial charge in [0.15, 0.2) is 0 Å². The summed E-state index contributed by atoms with van der Waals surface area (Å²) in [5.74, 6) is -1.66. The van der Waals surface area contributed by atoms with Crippen LogP contribution in [0.25, 0.3) is 0 Å². The molecule has 1 aliphatic heterocycles.